The van der Waals surface area contributed by atoms with E-state index in [4.69, 9.17) is 12.8 Å². The molecule has 0 spiro atoms. The average molecular weight is 216 g/mol. The van der Waals surface area contributed by atoms with Gasteiger partial charge in [-0.1, -0.05) is 39.8 Å². The van der Waals surface area contributed by atoms with Gasteiger partial charge < -0.3 is 0 Å². The Morgan fingerprint density at radius 3 is 1.31 bits per heavy atom. The van der Waals surface area contributed by atoms with Gasteiger partial charge in [-0.25, -0.2) is 0 Å². The van der Waals surface area contributed by atoms with E-state index in [1.807, 2.05) is 0 Å². The highest BCUT2D eigenvalue weighted by atomic mass is 14.1. The molecule has 0 aromatic heterocycles. The monoisotopic (exact) mass is 216 g/mol. The van der Waals surface area contributed by atoms with Gasteiger partial charge in [0.05, 0.1) is 0 Å². The van der Waals surface area contributed by atoms with Crippen LogP contribution in [0, 0.1) is 48.4 Å². The first-order valence-electron chi connectivity index (χ1n) is 6.10. The highest BCUT2D eigenvalue weighted by Gasteiger charge is 2.09. The Morgan fingerprint density at radius 1 is 0.812 bits per heavy atom. The molecule has 0 fully saturated rings. The lowest BCUT2D eigenvalue weighted by Gasteiger charge is -2.13. The standard InChI is InChI=1S/C16H24/c1-7-15(13(3)4)11-9-10-12-16(8-2)14(5)6/h1-2,9-10,13-16H,11-12H2,3-6H3/b10-9-/t15-,16-/m0/s1. The van der Waals surface area contributed by atoms with Crippen LogP contribution in [0.2, 0.25) is 0 Å². The molecule has 0 N–H and O–H groups in total. The van der Waals surface area contributed by atoms with Crippen LogP contribution in [0.4, 0.5) is 0 Å². The maximum absolute atomic E-state index is 5.47. The minimum Gasteiger partial charge on any atom is -0.120 e. The van der Waals surface area contributed by atoms with Crippen LogP contribution in [0.5, 0.6) is 0 Å². The van der Waals surface area contributed by atoms with Gasteiger partial charge in [0, 0.05) is 11.8 Å². The van der Waals surface area contributed by atoms with Crippen LogP contribution in [-0.4, -0.2) is 0 Å². The van der Waals surface area contributed by atoms with Crippen LogP contribution in [-0.2, 0) is 0 Å². The maximum Gasteiger partial charge on any atom is 0.0257 e. The average Bonchev–Trinajstić information content (AvgIpc) is 2.22. The van der Waals surface area contributed by atoms with Crippen molar-refractivity contribution < 1.29 is 0 Å². The summed E-state index contributed by atoms with van der Waals surface area (Å²) in [6, 6.07) is 0. The SMILES string of the molecule is C#C[C@@H](C/C=C\C[C@H](C#C)C(C)C)C(C)C. The largest absolute Gasteiger partial charge is 0.120 e. The predicted molar refractivity (Wildman–Crippen MR) is 72.7 cm³/mol. The molecular formula is C16H24. The quantitative estimate of drug-likeness (QED) is 0.462. The van der Waals surface area contributed by atoms with Crippen molar-refractivity contribution >= 4 is 0 Å². The summed E-state index contributed by atoms with van der Waals surface area (Å²) in [5.41, 5.74) is 0. The van der Waals surface area contributed by atoms with E-state index >= 15 is 0 Å². The number of rotatable bonds is 6. The van der Waals surface area contributed by atoms with Crippen molar-refractivity contribution in [1.82, 2.24) is 0 Å². The Balaban J connectivity index is 4.04. The summed E-state index contributed by atoms with van der Waals surface area (Å²) < 4.78 is 0. The minimum atomic E-state index is 0.347. The molecule has 0 bridgehead atoms. The molecule has 0 radical (unpaired) electrons. The zero-order valence-corrected chi connectivity index (χ0v) is 11.0. The summed E-state index contributed by atoms with van der Waals surface area (Å²) in [7, 11) is 0. The Bertz CT molecular complexity index is 250. The molecule has 88 valence electrons. The smallest absolute Gasteiger partial charge is 0.0257 e. The van der Waals surface area contributed by atoms with E-state index in [0.717, 1.165) is 12.8 Å². The molecule has 0 saturated heterocycles. The van der Waals surface area contributed by atoms with Gasteiger partial charge in [-0.05, 0) is 24.7 Å². The summed E-state index contributed by atoms with van der Waals surface area (Å²) in [4.78, 5) is 0. The normalized spacial score (nSPS) is 15.0. The van der Waals surface area contributed by atoms with Crippen LogP contribution in [0.3, 0.4) is 0 Å². The van der Waals surface area contributed by atoms with Gasteiger partial charge in [0.25, 0.3) is 0 Å². The molecule has 0 heterocycles. The molecule has 0 aliphatic heterocycles. The lowest BCUT2D eigenvalue weighted by atomic mass is 9.91. The van der Waals surface area contributed by atoms with Gasteiger partial charge in [-0.3, -0.25) is 0 Å². The lowest BCUT2D eigenvalue weighted by Crippen LogP contribution is -2.05. The molecule has 0 aliphatic rings. The second-order valence-electron chi connectivity index (χ2n) is 4.98. The van der Waals surface area contributed by atoms with E-state index in [-0.39, 0.29) is 0 Å². The zero-order chi connectivity index (χ0) is 12.6. The molecule has 0 aromatic rings. The summed E-state index contributed by atoms with van der Waals surface area (Å²) in [5, 5.41) is 0. The molecule has 0 aliphatic carbocycles. The molecule has 0 saturated carbocycles. The van der Waals surface area contributed by atoms with E-state index in [1.54, 1.807) is 0 Å². The summed E-state index contributed by atoms with van der Waals surface area (Å²) in [6.45, 7) is 8.65. The molecule has 0 nitrogen and oxygen atoms in total. The van der Waals surface area contributed by atoms with E-state index in [1.165, 1.54) is 0 Å². The summed E-state index contributed by atoms with van der Waals surface area (Å²) in [5.74, 6) is 7.45. The van der Waals surface area contributed by atoms with Crippen molar-refractivity contribution in [1.29, 1.82) is 0 Å². The van der Waals surface area contributed by atoms with Crippen molar-refractivity contribution in [3.05, 3.63) is 12.2 Å². The molecule has 0 rings (SSSR count). The topological polar surface area (TPSA) is 0 Å². The van der Waals surface area contributed by atoms with Crippen LogP contribution in [0.15, 0.2) is 12.2 Å². The van der Waals surface area contributed by atoms with E-state index in [0.29, 0.717) is 23.7 Å². The Kier molecular flexibility index (Phi) is 7.49. The fourth-order valence-electron chi connectivity index (χ4n) is 1.55. The van der Waals surface area contributed by atoms with Crippen molar-refractivity contribution in [2.45, 2.75) is 40.5 Å². The second kappa shape index (κ2) is 8.06. The van der Waals surface area contributed by atoms with Crippen molar-refractivity contribution in [3.63, 3.8) is 0 Å². The summed E-state index contributed by atoms with van der Waals surface area (Å²) in [6.07, 6.45) is 17.2. The molecule has 0 heteroatoms. The van der Waals surface area contributed by atoms with Crippen LogP contribution in [0.1, 0.15) is 40.5 Å². The van der Waals surface area contributed by atoms with E-state index in [9.17, 15) is 0 Å². The molecule has 16 heavy (non-hydrogen) atoms. The molecular weight excluding hydrogens is 192 g/mol. The number of hydrogen-bond acceptors (Lipinski definition) is 0. The van der Waals surface area contributed by atoms with Gasteiger partial charge in [-0.15, -0.1) is 24.7 Å². The van der Waals surface area contributed by atoms with Crippen molar-refractivity contribution in [3.8, 4) is 24.7 Å². The molecule has 0 unspecified atom stereocenters. The first-order valence-corrected chi connectivity index (χ1v) is 6.10. The Hall–Kier alpha value is -1.14. The number of allylic oxidation sites excluding steroid dienone is 2. The highest BCUT2D eigenvalue weighted by Crippen LogP contribution is 2.17. The fraction of sp³-hybridized carbons (Fsp3) is 0.625. The second-order valence-corrected chi connectivity index (χ2v) is 4.98. The third kappa shape index (κ3) is 5.67. The van der Waals surface area contributed by atoms with Crippen LogP contribution in [0.25, 0.3) is 0 Å². The summed E-state index contributed by atoms with van der Waals surface area (Å²) >= 11 is 0. The maximum atomic E-state index is 5.47. The zero-order valence-electron chi connectivity index (χ0n) is 11.0. The Labute approximate surface area is 102 Å². The van der Waals surface area contributed by atoms with Gasteiger partial charge in [0.1, 0.15) is 0 Å². The van der Waals surface area contributed by atoms with Crippen molar-refractivity contribution in [2.24, 2.45) is 23.7 Å². The molecule has 0 amide bonds. The van der Waals surface area contributed by atoms with Gasteiger partial charge in [0.2, 0.25) is 0 Å². The number of hydrogen-bond donors (Lipinski definition) is 0. The van der Waals surface area contributed by atoms with Gasteiger partial charge in [-0.2, -0.15) is 0 Å². The Morgan fingerprint density at radius 2 is 1.12 bits per heavy atom. The lowest BCUT2D eigenvalue weighted by molar-refractivity contribution is 0.477. The van der Waals surface area contributed by atoms with Crippen LogP contribution < -0.4 is 0 Å². The fourth-order valence-corrected chi connectivity index (χ4v) is 1.55. The molecule has 0 aromatic carbocycles. The van der Waals surface area contributed by atoms with Crippen LogP contribution >= 0.6 is 0 Å². The highest BCUT2D eigenvalue weighted by molar-refractivity contribution is 5.02. The van der Waals surface area contributed by atoms with Gasteiger partial charge in [0.15, 0.2) is 0 Å². The minimum absolute atomic E-state index is 0.347. The first kappa shape index (κ1) is 14.9. The molecule has 2 atom stereocenters. The third-order valence-electron chi connectivity index (χ3n) is 2.98. The predicted octanol–water partition coefficient (Wildman–Crippen LogP) is 4.13. The van der Waals surface area contributed by atoms with Gasteiger partial charge >= 0.3 is 0 Å². The third-order valence-corrected chi connectivity index (χ3v) is 2.98. The van der Waals surface area contributed by atoms with Crippen molar-refractivity contribution in [2.75, 3.05) is 0 Å². The first-order chi connectivity index (χ1) is 7.52. The van der Waals surface area contributed by atoms with E-state index in [2.05, 4.69) is 51.7 Å². The van der Waals surface area contributed by atoms with E-state index < -0.39 is 0 Å². The number of terminal acetylenes is 2.